The quantitative estimate of drug-likeness (QED) is 0.667. The minimum Gasteiger partial charge on any atom is -0.393 e. The zero-order valence-electron chi connectivity index (χ0n) is 8.58. The molecule has 0 amide bonds. The first-order chi connectivity index (χ1) is 6.12. The lowest BCUT2D eigenvalue weighted by Gasteiger charge is -2.23. The van der Waals surface area contributed by atoms with Gasteiger partial charge in [0.2, 0.25) is 0 Å². The van der Waals surface area contributed by atoms with Crippen molar-refractivity contribution in [3.8, 4) is 0 Å². The van der Waals surface area contributed by atoms with Gasteiger partial charge in [-0.05, 0) is 33.1 Å². The molecular weight excluding hydrogens is 168 g/mol. The Balaban J connectivity index is 2.04. The summed E-state index contributed by atoms with van der Waals surface area (Å²) in [5.41, 5.74) is 0. The zero-order chi connectivity index (χ0) is 9.73. The highest BCUT2D eigenvalue weighted by Crippen LogP contribution is 2.26. The first kappa shape index (κ1) is 11.0. The van der Waals surface area contributed by atoms with E-state index in [9.17, 15) is 0 Å². The van der Waals surface area contributed by atoms with E-state index in [1.807, 2.05) is 6.92 Å². The minimum atomic E-state index is -0.349. The first-order valence-electron chi connectivity index (χ1n) is 5.08. The van der Waals surface area contributed by atoms with Gasteiger partial charge in [-0.25, -0.2) is 0 Å². The maximum Gasteiger partial charge on any atom is 0.165 e. The smallest absolute Gasteiger partial charge is 0.165 e. The fourth-order valence-corrected chi connectivity index (χ4v) is 1.53. The molecular formula is C10H20O3. The van der Waals surface area contributed by atoms with Crippen LogP contribution in [0.1, 0.15) is 39.5 Å². The summed E-state index contributed by atoms with van der Waals surface area (Å²) in [4.78, 5) is 0. The summed E-state index contributed by atoms with van der Waals surface area (Å²) in [5.74, 6) is -0.349. The molecule has 3 nitrogen and oxygen atoms in total. The molecule has 0 bridgehead atoms. The van der Waals surface area contributed by atoms with Gasteiger partial charge >= 0.3 is 0 Å². The van der Waals surface area contributed by atoms with Crippen molar-refractivity contribution in [2.24, 2.45) is 0 Å². The van der Waals surface area contributed by atoms with Gasteiger partial charge in [-0.15, -0.1) is 0 Å². The van der Waals surface area contributed by atoms with E-state index in [1.54, 1.807) is 6.92 Å². The summed E-state index contributed by atoms with van der Waals surface area (Å²) in [6.45, 7) is 5.28. The molecule has 1 fully saturated rings. The monoisotopic (exact) mass is 188 g/mol. The second kappa shape index (κ2) is 4.94. The normalized spacial score (nSPS) is 30.7. The molecule has 1 saturated heterocycles. The molecule has 0 aromatic heterocycles. The molecule has 2 unspecified atom stereocenters. The Morgan fingerprint density at radius 2 is 2.38 bits per heavy atom. The molecule has 0 saturated carbocycles. The Morgan fingerprint density at radius 1 is 1.62 bits per heavy atom. The predicted octanol–water partition coefficient (Wildman–Crippen LogP) is 1.69. The summed E-state index contributed by atoms with van der Waals surface area (Å²) in [6.07, 6.45) is 3.56. The van der Waals surface area contributed by atoms with Crippen molar-refractivity contribution in [3.63, 3.8) is 0 Å². The Morgan fingerprint density at radius 3 is 2.92 bits per heavy atom. The van der Waals surface area contributed by atoms with Crippen LogP contribution in [0.5, 0.6) is 0 Å². The van der Waals surface area contributed by atoms with Crippen LogP contribution in [0, 0.1) is 0 Å². The van der Waals surface area contributed by atoms with Crippen molar-refractivity contribution in [2.75, 3.05) is 13.2 Å². The van der Waals surface area contributed by atoms with Crippen molar-refractivity contribution >= 4 is 0 Å². The molecule has 0 spiro atoms. The minimum absolute atomic E-state index is 0.221. The van der Waals surface area contributed by atoms with Crippen LogP contribution in [0.3, 0.4) is 0 Å². The van der Waals surface area contributed by atoms with Gasteiger partial charge in [0.25, 0.3) is 0 Å². The van der Waals surface area contributed by atoms with E-state index in [1.165, 1.54) is 0 Å². The zero-order valence-corrected chi connectivity index (χ0v) is 8.58. The van der Waals surface area contributed by atoms with Gasteiger partial charge < -0.3 is 14.6 Å². The van der Waals surface area contributed by atoms with E-state index in [0.717, 1.165) is 32.3 Å². The average Bonchev–Trinajstić information content (AvgIpc) is 2.47. The average molecular weight is 188 g/mol. The van der Waals surface area contributed by atoms with Crippen LogP contribution in [0.4, 0.5) is 0 Å². The summed E-state index contributed by atoms with van der Waals surface area (Å²) in [7, 11) is 0. The third kappa shape index (κ3) is 4.07. The third-order valence-corrected chi connectivity index (χ3v) is 2.36. The standard InChI is InChI=1S/C10H20O3/c1-9(11)5-3-7-12-10(2)6-4-8-13-10/h9,11H,3-8H2,1-2H3. The van der Waals surface area contributed by atoms with Crippen LogP contribution < -0.4 is 0 Å². The molecule has 0 aromatic rings. The summed E-state index contributed by atoms with van der Waals surface area (Å²) >= 11 is 0. The van der Waals surface area contributed by atoms with Gasteiger partial charge in [-0.1, -0.05) is 0 Å². The summed E-state index contributed by atoms with van der Waals surface area (Å²) in [6, 6.07) is 0. The molecule has 0 radical (unpaired) electrons. The van der Waals surface area contributed by atoms with Crippen molar-refractivity contribution in [1.82, 2.24) is 0 Å². The molecule has 13 heavy (non-hydrogen) atoms. The molecule has 0 aromatic carbocycles. The number of aliphatic hydroxyl groups excluding tert-OH is 1. The lowest BCUT2D eigenvalue weighted by molar-refractivity contribution is -0.197. The molecule has 78 valence electrons. The molecule has 1 aliphatic rings. The topological polar surface area (TPSA) is 38.7 Å². The molecule has 1 heterocycles. The molecule has 3 heteroatoms. The van der Waals surface area contributed by atoms with Crippen molar-refractivity contribution in [1.29, 1.82) is 0 Å². The predicted molar refractivity (Wildman–Crippen MR) is 50.5 cm³/mol. The van der Waals surface area contributed by atoms with Crippen LogP contribution in [0.15, 0.2) is 0 Å². The van der Waals surface area contributed by atoms with Gasteiger partial charge in [0.05, 0.1) is 19.3 Å². The van der Waals surface area contributed by atoms with Gasteiger partial charge in [-0.2, -0.15) is 0 Å². The number of aliphatic hydroxyl groups is 1. The second-order valence-electron chi connectivity index (χ2n) is 3.93. The van der Waals surface area contributed by atoms with Crippen molar-refractivity contribution in [2.45, 2.75) is 51.4 Å². The maximum atomic E-state index is 9.02. The largest absolute Gasteiger partial charge is 0.393 e. The van der Waals surface area contributed by atoms with Crippen LogP contribution in [0.25, 0.3) is 0 Å². The van der Waals surface area contributed by atoms with E-state index >= 15 is 0 Å². The Hall–Kier alpha value is -0.120. The van der Waals surface area contributed by atoms with Crippen molar-refractivity contribution < 1.29 is 14.6 Å². The lowest BCUT2D eigenvalue weighted by Crippen LogP contribution is -2.27. The third-order valence-electron chi connectivity index (χ3n) is 2.36. The fourth-order valence-electron chi connectivity index (χ4n) is 1.53. The van der Waals surface area contributed by atoms with Gasteiger partial charge in [0.1, 0.15) is 0 Å². The molecule has 1 N–H and O–H groups in total. The van der Waals surface area contributed by atoms with Gasteiger partial charge in [0, 0.05) is 6.42 Å². The highest BCUT2D eigenvalue weighted by Gasteiger charge is 2.30. The van der Waals surface area contributed by atoms with Gasteiger partial charge in [-0.3, -0.25) is 0 Å². The van der Waals surface area contributed by atoms with Crippen LogP contribution >= 0.6 is 0 Å². The molecule has 1 aliphatic heterocycles. The van der Waals surface area contributed by atoms with Crippen LogP contribution in [-0.2, 0) is 9.47 Å². The van der Waals surface area contributed by atoms with Crippen molar-refractivity contribution in [3.05, 3.63) is 0 Å². The van der Waals surface area contributed by atoms with Crippen LogP contribution in [-0.4, -0.2) is 30.2 Å². The van der Waals surface area contributed by atoms with E-state index in [-0.39, 0.29) is 11.9 Å². The van der Waals surface area contributed by atoms with E-state index in [0.29, 0.717) is 6.61 Å². The molecule has 0 aliphatic carbocycles. The van der Waals surface area contributed by atoms with Gasteiger partial charge in [0.15, 0.2) is 5.79 Å². The summed E-state index contributed by atoms with van der Waals surface area (Å²) in [5, 5.41) is 9.02. The number of hydrogen-bond acceptors (Lipinski definition) is 3. The molecule has 1 rings (SSSR count). The number of rotatable bonds is 5. The Bertz CT molecular complexity index is 139. The highest BCUT2D eigenvalue weighted by atomic mass is 16.7. The molecule has 2 atom stereocenters. The summed E-state index contributed by atoms with van der Waals surface area (Å²) < 4.78 is 11.1. The number of hydrogen-bond donors (Lipinski definition) is 1. The van der Waals surface area contributed by atoms with Crippen LogP contribution in [0.2, 0.25) is 0 Å². The van der Waals surface area contributed by atoms with E-state index in [2.05, 4.69) is 0 Å². The number of ether oxygens (including phenoxy) is 2. The first-order valence-corrected chi connectivity index (χ1v) is 5.08. The van der Waals surface area contributed by atoms with E-state index < -0.39 is 0 Å². The lowest BCUT2D eigenvalue weighted by atomic mass is 10.2. The SMILES string of the molecule is CC(O)CCCOC1(C)CCCO1. The Kier molecular flexibility index (Phi) is 4.16. The fraction of sp³-hybridized carbons (Fsp3) is 1.00. The Labute approximate surface area is 80.0 Å². The maximum absolute atomic E-state index is 9.02. The highest BCUT2D eigenvalue weighted by molar-refractivity contribution is 4.69. The second-order valence-corrected chi connectivity index (χ2v) is 3.93. The van der Waals surface area contributed by atoms with E-state index in [4.69, 9.17) is 14.6 Å².